The molecule has 0 radical (unpaired) electrons. The Hall–Kier alpha value is -3.20. The van der Waals surface area contributed by atoms with Crippen LogP contribution < -0.4 is 4.57 Å². The fraction of sp³-hybridized carbons (Fsp3) is 0.200. The zero-order valence-electron chi connectivity index (χ0n) is 16.7. The van der Waals surface area contributed by atoms with Gasteiger partial charge in [-0.15, -0.1) is 0 Å². The quantitative estimate of drug-likeness (QED) is 0.355. The van der Waals surface area contributed by atoms with Gasteiger partial charge < -0.3 is 4.42 Å². The topological polar surface area (TPSA) is 29.9 Å². The van der Waals surface area contributed by atoms with Gasteiger partial charge in [0.15, 0.2) is 11.8 Å². The Balaban J connectivity index is 1.87. The minimum atomic E-state index is 0.499. The van der Waals surface area contributed by atoms with Gasteiger partial charge in [0.25, 0.3) is 0 Å². The molecule has 2 aromatic carbocycles. The van der Waals surface area contributed by atoms with Gasteiger partial charge in [0.2, 0.25) is 11.4 Å². The van der Waals surface area contributed by atoms with Crippen LogP contribution in [0.4, 0.5) is 0 Å². The lowest BCUT2D eigenvalue weighted by molar-refractivity contribution is -0.660. The molecule has 138 valence electrons. The Morgan fingerprint density at radius 3 is 2.57 bits per heavy atom. The van der Waals surface area contributed by atoms with Crippen LogP contribution in [0.3, 0.4) is 0 Å². The first-order chi connectivity index (χ1) is 13.5. The first-order valence-corrected chi connectivity index (χ1v) is 9.74. The van der Waals surface area contributed by atoms with E-state index in [-0.39, 0.29) is 0 Å². The molecule has 28 heavy (non-hydrogen) atoms. The molecule has 3 heterocycles. The first-order valence-electron chi connectivity index (χ1n) is 9.74. The highest BCUT2D eigenvalue weighted by atomic mass is 16.3. The lowest BCUT2D eigenvalue weighted by Crippen LogP contribution is -2.31. The molecule has 0 bridgehead atoms. The SMILES string of the molecule is Cc1ccc2c(oc3ncc4ccccc4c32)c1-c1ccc(C(C)C)c[n+]1C. The molecular formula is C25H23N2O+. The van der Waals surface area contributed by atoms with Crippen molar-refractivity contribution in [3.05, 3.63) is 72.1 Å². The Morgan fingerprint density at radius 1 is 0.964 bits per heavy atom. The Kier molecular flexibility index (Phi) is 3.73. The van der Waals surface area contributed by atoms with E-state index in [1.807, 2.05) is 12.3 Å². The number of nitrogens with zero attached hydrogens (tertiary/aromatic N) is 2. The largest absolute Gasteiger partial charge is 0.437 e. The molecule has 3 aromatic heterocycles. The van der Waals surface area contributed by atoms with Crippen molar-refractivity contribution >= 4 is 32.8 Å². The maximum absolute atomic E-state index is 6.34. The number of pyridine rings is 2. The minimum Gasteiger partial charge on any atom is -0.437 e. The average molecular weight is 367 g/mol. The number of aromatic nitrogens is 2. The van der Waals surface area contributed by atoms with Crippen LogP contribution in [-0.2, 0) is 7.05 Å². The molecule has 0 atom stereocenters. The van der Waals surface area contributed by atoms with Crippen LogP contribution in [0, 0.1) is 6.92 Å². The van der Waals surface area contributed by atoms with E-state index in [1.165, 1.54) is 16.5 Å². The summed E-state index contributed by atoms with van der Waals surface area (Å²) in [5.41, 5.74) is 6.42. The summed E-state index contributed by atoms with van der Waals surface area (Å²) in [6.07, 6.45) is 4.11. The van der Waals surface area contributed by atoms with Gasteiger partial charge in [0.1, 0.15) is 7.05 Å². The Bertz CT molecular complexity index is 1360. The number of furan rings is 1. The number of hydrogen-bond donors (Lipinski definition) is 0. The molecule has 5 aromatic rings. The van der Waals surface area contributed by atoms with E-state index < -0.39 is 0 Å². The highest BCUT2D eigenvalue weighted by Crippen LogP contribution is 2.39. The minimum absolute atomic E-state index is 0.499. The molecule has 3 nitrogen and oxygen atoms in total. The van der Waals surface area contributed by atoms with Crippen LogP contribution in [0.2, 0.25) is 0 Å². The molecule has 0 saturated carbocycles. The molecule has 0 aliphatic carbocycles. The monoisotopic (exact) mass is 367 g/mol. The Morgan fingerprint density at radius 2 is 1.79 bits per heavy atom. The number of hydrogen-bond acceptors (Lipinski definition) is 2. The molecule has 0 spiro atoms. The highest BCUT2D eigenvalue weighted by Gasteiger charge is 2.22. The van der Waals surface area contributed by atoms with Gasteiger partial charge in [-0.3, -0.25) is 0 Å². The fourth-order valence-corrected chi connectivity index (χ4v) is 4.11. The molecular weight excluding hydrogens is 344 g/mol. The summed E-state index contributed by atoms with van der Waals surface area (Å²) in [5.74, 6) is 0.499. The van der Waals surface area contributed by atoms with Crippen molar-refractivity contribution in [1.82, 2.24) is 4.98 Å². The van der Waals surface area contributed by atoms with Crippen LogP contribution >= 0.6 is 0 Å². The summed E-state index contributed by atoms with van der Waals surface area (Å²) in [4.78, 5) is 4.60. The predicted molar refractivity (Wildman–Crippen MR) is 114 cm³/mol. The van der Waals surface area contributed by atoms with E-state index in [9.17, 15) is 0 Å². The maximum Gasteiger partial charge on any atom is 0.227 e. The van der Waals surface area contributed by atoms with Crippen molar-refractivity contribution in [2.45, 2.75) is 26.7 Å². The molecule has 0 amide bonds. The number of fused-ring (bicyclic) bond motifs is 5. The van der Waals surface area contributed by atoms with Gasteiger partial charge >= 0.3 is 0 Å². The lowest BCUT2D eigenvalue weighted by atomic mass is 9.98. The summed E-state index contributed by atoms with van der Waals surface area (Å²) in [6, 6.07) is 17.1. The van der Waals surface area contributed by atoms with Crippen LogP contribution in [0.15, 0.2) is 65.3 Å². The molecule has 3 heteroatoms. The third kappa shape index (κ3) is 2.43. The average Bonchev–Trinajstić information content (AvgIpc) is 3.07. The summed E-state index contributed by atoms with van der Waals surface area (Å²) in [7, 11) is 2.11. The van der Waals surface area contributed by atoms with Crippen LogP contribution in [0.1, 0.15) is 30.9 Å². The molecule has 0 fully saturated rings. The smallest absolute Gasteiger partial charge is 0.227 e. The summed E-state index contributed by atoms with van der Waals surface area (Å²) < 4.78 is 8.54. The van der Waals surface area contributed by atoms with Crippen LogP contribution in [0.5, 0.6) is 0 Å². The van der Waals surface area contributed by atoms with E-state index in [2.05, 4.69) is 86.0 Å². The molecule has 0 N–H and O–H groups in total. The van der Waals surface area contributed by atoms with E-state index in [1.54, 1.807) is 0 Å². The number of rotatable bonds is 2. The predicted octanol–water partition coefficient (Wildman–Crippen LogP) is 6.06. The third-order valence-electron chi connectivity index (χ3n) is 5.68. The van der Waals surface area contributed by atoms with E-state index >= 15 is 0 Å². The molecule has 0 aliphatic heterocycles. The van der Waals surface area contributed by atoms with Crippen molar-refractivity contribution < 1.29 is 8.98 Å². The maximum atomic E-state index is 6.34. The zero-order valence-corrected chi connectivity index (χ0v) is 16.7. The normalized spacial score (nSPS) is 11.9. The number of aryl methyl sites for hydroxylation is 2. The van der Waals surface area contributed by atoms with Gasteiger partial charge in [0, 0.05) is 28.6 Å². The van der Waals surface area contributed by atoms with Gasteiger partial charge in [-0.25, -0.2) is 9.55 Å². The third-order valence-corrected chi connectivity index (χ3v) is 5.68. The van der Waals surface area contributed by atoms with Crippen molar-refractivity contribution in [3.63, 3.8) is 0 Å². The molecule has 0 unspecified atom stereocenters. The standard InChI is InChI=1S/C25H23N2O/c1-15(2)18-10-12-21(27(4)14-18)22-16(3)9-11-20-23-19-8-6-5-7-17(19)13-26-25(23)28-24(20)22/h5-15H,1-4H3/q+1. The lowest BCUT2D eigenvalue weighted by Gasteiger charge is -2.08. The second-order valence-corrected chi connectivity index (χ2v) is 7.88. The Labute approximate surface area is 164 Å². The number of benzene rings is 2. The summed E-state index contributed by atoms with van der Waals surface area (Å²) in [5, 5.41) is 4.52. The summed E-state index contributed by atoms with van der Waals surface area (Å²) in [6.45, 7) is 6.58. The fourth-order valence-electron chi connectivity index (χ4n) is 4.11. The van der Waals surface area contributed by atoms with Crippen molar-refractivity contribution in [3.8, 4) is 11.3 Å². The first kappa shape index (κ1) is 16.9. The van der Waals surface area contributed by atoms with Crippen molar-refractivity contribution in [1.29, 1.82) is 0 Å². The summed E-state index contributed by atoms with van der Waals surface area (Å²) >= 11 is 0. The van der Waals surface area contributed by atoms with E-state index in [4.69, 9.17) is 4.42 Å². The van der Waals surface area contributed by atoms with Crippen LogP contribution in [0.25, 0.3) is 44.1 Å². The van der Waals surface area contributed by atoms with Crippen molar-refractivity contribution in [2.24, 2.45) is 7.05 Å². The highest BCUT2D eigenvalue weighted by molar-refractivity contribution is 6.19. The van der Waals surface area contributed by atoms with Gasteiger partial charge in [-0.05, 0) is 29.9 Å². The zero-order chi connectivity index (χ0) is 19.4. The van der Waals surface area contributed by atoms with Gasteiger partial charge in [0.05, 0.1) is 10.9 Å². The van der Waals surface area contributed by atoms with E-state index in [0.29, 0.717) is 11.6 Å². The molecule has 5 rings (SSSR count). The second-order valence-electron chi connectivity index (χ2n) is 7.88. The van der Waals surface area contributed by atoms with Gasteiger partial charge in [-0.2, -0.15) is 0 Å². The van der Waals surface area contributed by atoms with Crippen LogP contribution in [-0.4, -0.2) is 4.98 Å². The van der Waals surface area contributed by atoms with Crippen molar-refractivity contribution in [2.75, 3.05) is 0 Å². The van der Waals surface area contributed by atoms with Gasteiger partial charge in [-0.1, -0.05) is 50.2 Å². The molecule has 0 aliphatic rings. The second kappa shape index (κ2) is 6.16. The molecule has 0 saturated heterocycles. The van der Waals surface area contributed by atoms with E-state index in [0.717, 1.165) is 33.0 Å².